The second-order valence-corrected chi connectivity index (χ2v) is 4.69. The van der Waals surface area contributed by atoms with Crippen molar-refractivity contribution in [2.45, 2.75) is 13.3 Å². The molecule has 0 atom stereocenters. The molecule has 0 bridgehead atoms. The highest BCUT2D eigenvalue weighted by atomic mass is 15.4. The molecule has 0 aliphatic heterocycles. The van der Waals surface area contributed by atoms with Crippen LogP contribution in [-0.2, 0) is 6.42 Å². The van der Waals surface area contributed by atoms with Crippen molar-refractivity contribution in [3.05, 3.63) is 60.3 Å². The standard InChI is InChI=1S/C16H16N4/c1-2-12-6-8-13(9-7-12)16-11-20(19-18-16)15-5-3-4-14(17)10-15/h3-11H,2,17H2,1H3. The van der Waals surface area contributed by atoms with Crippen LogP contribution >= 0.6 is 0 Å². The van der Waals surface area contributed by atoms with Crippen LogP contribution in [0.1, 0.15) is 12.5 Å². The molecule has 1 heterocycles. The maximum absolute atomic E-state index is 5.78. The summed E-state index contributed by atoms with van der Waals surface area (Å²) in [7, 11) is 0. The highest BCUT2D eigenvalue weighted by molar-refractivity contribution is 5.59. The van der Waals surface area contributed by atoms with Crippen molar-refractivity contribution >= 4 is 5.69 Å². The molecule has 0 fully saturated rings. The molecule has 0 amide bonds. The van der Waals surface area contributed by atoms with Gasteiger partial charge in [-0.3, -0.25) is 0 Å². The van der Waals surface area contributed by atoms with Crippen LogP contribution in [0.2, 0.25) is 0 Å². The molecule has 0 saturated carbocycles. The fourth-order valence-corrected chi connectivity index (χ4v) is 2.10. The molecular formula is C16H16N4. The van der Waals surface area contributed by atoms with E-state index in [1.807, 2.05) is 30.5 Å². The van der Waals surface area contributed by atoms with Gasteiger partial charge in [0.1, 0.15) is 5.69 Å². The summed E-state index contributed by atoms with van der Waals surface area (Å²) in [5, 5.41) is 8.38. The van der Waals surface area contributed by atoms with Crippen LogP contribution in [0.3, 0.4) is 0 Å². The average Bonchev–Trinajstić information content (AvgIpc) is 2.97. The summed E-state index contributed by atoms with van der Waals surface area (Å²) in [6.07, 6.45) is 2.95. The number of hydrogen-bond acceptors (Lipinski definition) is 3. The van der Waals surface area contributed by atoms with Gasteiger partial charge in [0.2, 0.25) is 0 Å². The van der Waals surface area contributed by atoms with Gasteiger partial charge in [-0.1, -0.05) is 42.5 Å². The van der Waals surface area contributed by atoms with Crippen molar-refractivity contribution in [3.63, 3.8) is 0 Å². The maximum Gasteiger partial charge on any atom is 0.113 e. The van der Waals surface area contributed by atoms with Gasteiger partial charge in [0.25, 0.3) is 0 Å². The first kappa shape index (κ1) is 12.4. The Morgan fingerprint density at radius 2 is 1.90 bits per heavy atom. The minimum Gasteiger partial charge on any atom is -0.399 e. The predicted octanol–water partition coefficient (Wildman–Crippen LogP) is 3.08. The largest absolute Gasteiger partial charge is 0.399 e. The first-order chi connectivity index (χ1) is 9.76. The summed E-state index contributed by atoms with van der Waals surface area (Å²) in [4.78, 5) is 0. The zero-order valence-electron chi connectivity index (χ0n) is 11.3. The molecule has 4 heteroatoms. The first-order valence-corrected chi connectivity index (χ1v) is 6.64. The Labute approximate surface area is 117 Å². The molecule has 0 spiro atoms. The number of nitrogens with two attached hydrogens (primary N) is 1. The molecule has 2 aromatic carbocycles. The molecule has 3 aromatic rings. The van der Waals surface area contributed by atoms with E-state index in [1.165, 1.54) is 5.56 Å². The van der Waals surface area contributed by atoms with Crippen molar-refractivity contribution in [2.75, 3.05) is 5.73 Å². The predicted molar refractivity (Wildman–Crippen MR) is 80.6 cm³/mol. The van der Waals surface area contributed by atoms with Crippen molar-refractivity contribution in [1.82, 2.24) is 15.0 Å². The van der Waals surface area contributed by atoms with Gasteiger partial charge in [-0.05, 0) is 30.2 Å². The number of aryl methyl sites for hydroxylation is 1. The van der Waals surface area contributed by atoms with E-state index in [1.54, 1.807) is 4.68 Å². The van der Waals surface area contributed by atoms with Gasteiger partial charge >= 0.3 is 0 Å². The van der Waals surface area contributed by atoms with Gasteiger partial charge in [-0.2, -0.15) is 0 Å². The Morgan fingerprint density at radius 3 is 2.60 bits per heavy atom. The molecule has 0 unspecified atom stereocenters. The second kappa shape index (κ2) is 5.17. The van der Waals surface area contributed by atoms with Crippen molar-refractivity contribution in [2.24, 2.45) is 0 Å². The normalized spacial score (nSPS) is 10.7. The number of hydrogen-bond donors (Lipinski definition) is 1. The summed E-state index contributed by atoms with van der Waals surface area (Å²) in [5.41, 5.74) is 10.7. The Kier molecular flexibility index (Phi) is 3.21. The molecule has 3 rings (SSSR count). The van der Waals surface area contributed by atoms with E-state index < -0.39 is 0 Å². The summed E-state index contributed by atoms with van der Waals surface area (Å²) in [5.74, 6) is 0. The molecule has 0 saturated heterocycles. The quantitative estimate of drug-likeness (QED) is 0.740. The molecule has 1 aromatic heterocycles. The molecule has 0 radical (unpaired) electrons. The van der Waals surface area contributed by atoms with Gasteiger partial charge < -0.3 is 5.73 Å². The lowest BCUT2D eigenvalue weighted by atomic mass is 10.1. The van der Waals surface area contributed by atoms with Gasteiger partial charge in [0.15, 0.2) is 0 Å². The third kappa shape index (κ3) is 2.40. The van der Waals surface area contributed by atoms with Crippen molar-refractivity contribution < 1.29 is 0 Å². The Hall–Kier alpha value is -2.62. The smallest absolute Gasteiger partial charge is 0.113 e. The van der Waals surface area contributed by atoms with Crippen molar-refractivity contribution in [1.29, 1.82) is 0 Å². The van der Waals surface area contributed by atoms with E-state index in [0.29, 0.717) is 5.69 Å². The Balaban J connectivity index is 1.93. The molecule has 2 N–H and O–H groups in total. The minimum absolute atomic E-state index is 0.715. The Morgan fingerprint density at radius 1 is 1.10 bits per heavy atom. The molecule has 20 heavy (non-hydrogen) atoms. The minimum atomic E-state index is 0.715. The number of anilines is 1. The fraction of sp³-hybridized carbons (Fsp3) is 0.125. The summed E-state index contributed by atoms with van der Waals surface area (Å²) >= 11 is 0. The Bertz CT molecular complexity index is 713. The van der Waals surface area contributed by atoms with E-state index in [2.05, 4.69) is 41.5 Å². The van der Waals surface area contributed by atoms with E-state index in [-0.39, 0.29) is 0 Å². The van der Waals surface area contributed by atoms with Crippen LogP contribution < -0.4 is 5.73 Å². The van der Waals surface area contributed by atoms with E-state index in [4.69, 9.17) is 5.73 Å². The number of rotatable bonds is 3. The van der Waals surface area contributed by atoms with Crippen LogP contribution in [-0.4, -0.2) is 15.0 Å². The van der Waals surface area contributed by atoms with E-state index >= 15 is 0 Å². The topological polar surface area (TPSA) is 56.7 Å². The van der Waals surface area contributed by atoms with Crippen LogP contribution in [0.25, 0.3) is 16.9 Å². The number of nitrogens with zero attached hydrogens (tertiary/aromatic N) is 3. The van der Waals surface area contributed by atoms with Crippen LogP contribution in [0.5, 0.6) is 0 Å². The first-order valence-electron chi connectivity index (χ1n) is 6.64. The highest BCUT2D eigenvalue weighted by Gasteiger charge is 2.05. The number of nitrogen functional groups attached to an aromatic ring is 1. The summed E-state index contributed by atoms with van der Waals surface area (Å²) in [6, 6.07) is 16.0. The van der Waals surface area contributed by atoms with Gasteiger partial charge in [0, 0.05) is 11.3 Å². The number of benzene rings is 2. The average molecular weight is 264 g/mol. The summed E-state index contributed by atoms with van der Waals surface area (Å²) in [6.45, 7) is 2.14. The molecule has 100 valence electrons. The fourth-order valence-electron chi connectivity index (χ4n) is 2.10. The molecule has 4 nitrogen and oxygen atoms in total. The zero-order valence-corrected chi connectivity index (χ0v) is 11.3. The molecule has 0 aliphatic carbocycles. The maximum atomic E-state index is 5.78. The highest BCUT2D eigenvalue weighted by Crippen LogP contribution is 2.19. The second-order valence-electron chi connectivity index (χ2n) is 4.69. The zero-order chi connectivity index (χ0) is 13.9. The van der Waals surface area contributed by atoms with Gasteiger partial charge in [-0.25, -0.2) is 4.68 Å². The van der Waals surface area contributed by atoms with Crippen molar-refractivity contribution in [3.8, 4) is 16.9 Å². The third-order valence-corrected chi connectivity index (χ3v) is 3.29. The lowest BCUT2D eigenvalue weighted by molar-refractivity contribution is 0.804. The lowest BCUT2D eigenvalue weighted by Crippen LogP contribution is -1.95. The molecular weight excluding hydrogens is 248 g/mol. The SMILES string of the molecule is CCc1ccc(-c2cn(-c3cccc(N)c3)nn2)cc1. The van der Waals surface area contributed by atoms with E-state index in [0.717, 1.165) is 23.4 Å². The van der Waals surface area contributed by atoms with Crippen LogP contribution in [0.15, 0.2) is 54.7 Å². The monoisotopic (exact) mass is 264 g/mol. The van der Waals surface area contributed by atoms with Crippen LogP contribution in [0.4, 0.5) is 5.69 Å². The van der Waals surface area contributed by atoms with Gasteiger partial charge in [-0.15, -0.1) is 5.10 Å². The van der Waals surface area contributed by atoms with Crippen LogP contribution in [0, 0.1) is 0 Å². The van der Waals surface area contributed by atoms with Gasteiger partial charge in [0.05, 0.1) is 11.9 Å². The lowest BCUT2D eigenvalue weighted by Gasteiger charge is -2.00. The van der Waals surface area contributed by atoms with E-state index in [9.17, 15) is 0 Å². The number of aromatic nitrogens is 3. The summed E-state index contributed by atoms with van der Waals surface area (Å²) < 4.78 is 1.74. The molecule has 0 aliphatic rings. The third-order valence-electron chi connectivity index (χ3n) is 3.29.